The summed E-state index contributed by atoms with van der Waals surface area (Å²) in [6, 6.07) is 0. The number of aryl methyl sites for hydroxylation is 2. The molecule has 0 fully saturated rings. The van der Waals surface area contributed by atoms with E-state index in [1.54, 1.807) is 12.4 Å². The van der Waals surface area contributed by atoms with Gasteiger partial charge < -0.3 is 10.6 Å². The number of aromatic nitrogens is 4. The maximum Gasteiger partial charge on any atom is 0.271 e. The van der Waals surface area contributed by atoms with E-state index in [-0.39, 0.29) is 11.8 Å². The molecule has 26 heavy (non-hydrogen) atoms. The molecule has 2 N–H and O–H groups in total. The Bertz CT molecular complexity index is 652. The van der Waals surface area contributed by atoms with Crippen molar-refractivity contribution >= 4 is 11.8 Å². The summed E-state index contributed by atoms with van der Waals surface area (Å²) in [4.78, 5) is 39.9. The zero-order valence-electron chi connectivity index (χ0n) is 15.2. The van der Waals surface area contributed by atoms with Crippen molar-refractivity contribution in [3.8, 4) is 0 Å². The highest BCUT2D eigenvalue weighted by Crippen LogP contribution is 2.00. The summed E-state index contributed by atoms with van der Waals surface area (Å²) in [5.41, 5.74) is 2.22. The normalized spacial score (nSPS) is 10.4. The third-order valence-electron chi connectivity index (χ3n) is 3.70. The number of nitrogens with zero attached hydrogens (tertiary/aromatic N) is 4. The van der Waals surface area contributed by atoms with Gasteiger partial charge in [-0.25, -0.2) is 9.97 Å². The minimum Gasteiger partial charge on any atom is -0.351 e. The molecular formula is C18H24N6O2. The van der Waals surface area contributed by atoms with Crippen molar-refractivity contribution in [2.45, 2.75) is 39.5 Å². The molecular weight excluding hydrogens is 332 g/mol. The summed E-state index contributed by atoms with van der Waals surface area (Å²) in [5.74, 6) is -0.409. The number of amides is 2. The maximum atomic E-state index is 11.8. The average molecular weight is 356 g/mol. The van der Waals surface area contributed by atoms with Gasteiger partial charge in [0.25, 0.3) is 11.8 Å². The molecule has 0 aromatic carbocycles. The molecule has 8 heteroatoms. The second-order valence-corrected chi connectivity index (χ2v) is 6.01. The fraction of sp³-hybridized carbons (Fsp3) is 0.444. The molecule has 2 amide bonds. The lowest BCUT2D eigenvalue weighted by molar-refractivity contribution is 0.0938. The fourth-order valence-electron chi connectivity index (χ4n) is 2.21. The zero-order valence-corrected chi connectivity index (χ0v) is 15.2. The van der Waals surface area contributed by atoms with Gasteiger partial charge in [0, 0.05) is 25.5 Å². The van der Waals surface area contributed by atoms with Crippen LogP contribution in [0.4, 0.5) is 0 Å². The molecule has 2 aromatic rings. The van der Waals surface area contributed by atoms with Crippen LogP contribution in [0.2, 0.25) is 0 Å². The highest BCUT2D eigenvalue weighted by Gasteiger charge is 2.07. The number of unbranched alkanes of at least 4 members (excludes halogenated alkanes) is 3. The van der Waals surface area contributed by atoms with E-state index in [4.69, 9.17) is 0 Å². The van der Waals surface area contributed by atoms with Crippen LogP contribution < -0.4 is 10.6 Å². The van der Waals surface area contributed by atoms with Gasteiger partial charge in [-0.05, 0) is 26.7 Å². The van der Waals surface area contributed by atoms with Crippen LogP contribution in [0.5, 0.6) is 0 Å². The van der Waals surface area contributed by atoms with Crippen LogP contribution in [0.15, 0.2) is 24.8 Å². The largest absolute Gasteiger partial charge is 0.351 e. The molecule has 2 rings (SSSR count). The average Bonchev–Trinajstić information content (AvgIpc) is 2.64. The third-order valence-corrected chi connectivity index (χ3v) is 3.70. The van der Waals surface area contributed by atoms with Gasteiger partial charge in [-0.15, -0.1) is 0 Å². The number of nitrogens with one attached hydrogen (secondary N) is 2. The summed E-state index contributed by atoms with van der Waals surface area (Å²) in [6.07, 6.45) is 9.80. The summed E-state index contributed by atoms with van der Waals surface area (Å²) in [7, 11) is 0. The molecule has 0 atom stereocenters. The second-order valence-electron chi connectivity index (χ2n) is 6.01. The summed E-state index contributed by atoms with van der Waals surface area (Å²) >= 11 is 0. The third kappa shape index (κ3) is 6.54. The van der Waals surface area contributed by atoms with Crippen molar-refractivity contribution in [1.29, 1.82) is 0 Å². The van der Waals surface area contributed by atoms with Gasteiger partial charge in [0.1, 0.15) is 11.4 Å². The number of carbonyl (C=O) groups is 2. The quantitative estimate of drug-likeness (QED) is 0.661. The summed E-state index contributed by atoms with van der Waals surface area (Å²) in [5, 5.41) is 5.65. The van der Waals surface area contributed by atoms with Crippen molar-refractivity contribution in [1.82, 2.24) is 30.6 Å². The molecule has 2 aromatic heterocycles. The van der Waals surface area contributed by atoms with E-state index in [9.17, 15) is 9.59 Å². The van der Waals surface area contributed by atoms with E-state index in [1.165, 1.54) is 12.4 Å². The summed E-state index contributed by atoms with van der Waals surface area (Å²) in [6.45, 7) is 4.84. The topological polar surface area (TPSA) is 110 Å². The van der Waals surface area contributed by atoms with E-state index < -0.39 is 0 Å². The molecule has 0 saturated heterocycles. The Morgan fingerprint density at radius 2 is 1.12 bits per heavy atom. The molecule has 0 aliphatic rings. The molecule has 0 aliphatic heterocycles. The first-order chi connectivity index (χ1) is 12.6. The SMILES string of the molecule is Cc1cnc(C(=O)NCCCCCCNC(=O)c2cnc(C)cn2)cn1. The monoisotopic (exact) mass is 356 g/mol. The number of hydrogen-bond acceptors (Lipinski definition) is 6. The molecule has 0 radical (unpaired) electrons. The van der Waals surface area contributed by atoms with Gasteiger partial charge >= 0.3 is 0 Å². The Morgan fingerprint density at radius 3 is 1.46 bits per heavy atom. The Labute approximate surface area is 152 Å². The van der Waals surface area contributed by atoms with Gasteiger partial charge in [-0.2, -0.15) is 0 Å². The van der Waals surface area contributed by atoms with Crippen LogP contribution in [0.1, 0.15) is 58.0 Å². The van der Waals surface area contributed by atoms with Gasteiger partial charge in [0.2, 0.25) is 0 Å². The number of rotatable bonds is 9. The van der Waals surface area contributed by atoms with Crippen LogP contribution in [0.3, 0.4) is 0 Å². The van der Waals surface area contributed by atoms with Crippen LogP contribution in [-0.2, 0) is 0 Å². The van der Waals surface area contributed by atoms with Crippen LogP contribution >= 0.6 is 0 Å². The van der Waals surface area contributed by atoms with Crippen LogP contribution in [-0.4, -0.2) is 44.8 Å². The van der Waals surface area contributed by atoms with Gasteiger partial charge in [0.05, 0.1) is 23.8 Å². The summed E-state index contributed by atoms with van der Waals surface area (Å²) < 4.78 is 0. The Kier molecular flexibility index (Phi) is 7.60. The lowest BCUT2D eigenvalue weighted by Gasteiger charge is -2.06. The molecule has 2 heterocycles. The van der Waals surface area contributed by atoms with Crippen molar-refractivity contribution < 1.29 is 9.59 Å². The van der Waals surface area contributed by atoms with Gasteiger partial charge in [-0.1, -0.05) is 12.8 Å². The molecule has 0 aliphatic carbocycles. The number of carbonyl (C=O) groups excluding carboxylic acids is 2. The van der Waals surface area contributed by atoms with Crippen molar-refractivity contribution in [2.75, 3.05) is 13.1 Å². The van der Waals surface area contributed by atoms with Crippen molar-refractivity contribution in [2.24, 2.45) is 0 Å². The highest BCUT2D eigenvalue weighted by molar-refractivity contribution is 5.92. The predicted molar refractivity (Wildman–Crippen MR) is 96.7 cm³/mol. The lowest BCUT2D eigenvalue weighted by Crippen LogP contribution is -2.26. The molecule has 8 nitrogen and oxygen atoms in total. The maximum absolute atomic E-state index is 11.8. The number of hydrogen-bond donors (Lipinski definition) is 2. The van der Waals surface area contributed by atoms with E-state index >= 15 is 0 Å². The van der Waals surface area contributed by atoms with E-state index in [2.05, 4.69) is 30.6 Å². The standard InChI is InChI=1S/C18H24N6O2/c1-13-9-23-15(11-21-13)17(25)19-7-5-3-4-6-8-20-18(26)16-12-22-14(2)10-24-16/h9-12H,3-8H2,1-2H3,(H,19,25)(H,20,26). The Morgan fingerprint density at radius 1 is 0.692 bits per heavy atom. The Hall–Kier alpha value is -2.90. The molecule has 0 unspecified atom stereocenters. The first-order valence-corrected chi connectivity index (χ1v) is 8.70. The van der Waals surface area contributed by atoms with E-state index in [0.29, 0.717) is 24.5 Å². The van der Waals surface area contributed by atoms with Crippen molar-refractivity contribution in [3.63, 3.8) is 0 Å². The minimum atomic E-state index is -0.205. The highest BCUT2D eigenvalue weighted by atomic mass is 16.2. The smallest absolute Gasteiger partial charge is 0.271 e. The van der Waals surface area contributed by atoms with Gasteiger partial charge in [0.15, 0.2) is 0 Å². The molecule has 0 spiro atoms. The van der Waals surface area contributed by atoms with Gasteiger partial charge in [-0.3, -0.25) is 19.6 Å². The zero-order chi connectivity index (χ0) is 18.8. The predicted octanol–water partition coefficient (Wildman–Crippen LogP) is 1.60. The molecule has 138 valence electrons. The molecule has 0 saturated carbocycles. The first kappa shape index (κ1) is 19.4. The van der Waals surface area contributed by atoms with Crippen LogP contribution in [0, 0.1) is 13.8 Å². The van der Waals surface area contributed by atoms with Crippen LogP contribution in [0.25, 0.3) is 0 Å². The Balaban J connectivity index is 1.51. The first-order valence-electron chi connectivity index (χ1n) is 8.70. The fourth-order valence-corrected chi connectivity index (χ4v) is 2.21. The lowest BCUT2D eigenvalue weighted by atomic mass is 10.2. The second kappa shape index (κ2) is 10.2. The molecule has 0 bridgehead atoms. The van der Waals surface area contributed by atoms with Crippen molar-refractivity contribution in [3.05, 3.63) is 47.6 Å². The van der Waals surface area contributed by atoms with E-state index in [1.807, 2.05) is 13.8 Å². The van der Waals surface area contributed by atoms with E-state index in [0.717, 1.165) is 37.1 Å². The minimum absolute atomic E-state index is 0.205.